The Balaban J connectivity index is 2.37. The highest BCUT2D eigenvalue weighted by Crippen LogP contribution is 2.20. The second-order valence-electron chi connectivity index (χ2n) is 4.02. The van der Waals surface area contributed by atoms with Gasteiger partial charge in [0.15, 0.2) is 11.6 Å². The number of aromatic hydroxyl groups is 1. The summed E-state index contributed by atoms with van der Waals surface area (Å²) in [5, 5.41) is 12.8. The third kappa shape index (κ3) is 4.96. The maximum Gasteiger partial charge on any atom is 0.165 e. The fourth-order valence-electron chi connectivity index (χ4n) is 1.49. The molecule has 2 nitrogen and oxygen atoms in total. The van der Waals surface area contributed by atoms with Crippen molar-refractivity contribution >= 4 is 11.8 Å². The number of rotatable bonds is 7. The van der Waals surface area contributed by atoms with E-state index in [4.69, 9.17) is 0 Å². The Morgan fingerprint density at radius 3 is 2.94 bits per heavy atom. The second kappa shape index (κ2) is 7.56. The zero-order chi connectivity index (χ0) is 12.7. The largest absolute Gasteiger partial charge is 0.505 e. The monoisotopic (exact) mass is 257 g/mol. The lowest BCUT2D eigenvalue weighted by molar-refractivity contribution is 0.419. The molecule has 1 unspecified atom stereocenters. The molecule has 0 saturated carbocycles. The van der Waals surface area contributed by atoms with Gasteiger partial charge in [-0.1, -0.05) is 19.1 Å². The normalized spacial score (nSPS) is 12.6. The van der Waals surface area contributed by atoms with E-state index in [2.05, 4.69) is 19.2 Å². The zero-order valence-corrected chi connectivity index (χ0v) is 11.2. The Labute approximate surface area is 107 Å². The van der Waals surface area contributed by atoms with Crippen LogP contribution in [-0.2, 0) is 6.54 Å². The van der Waals surface area contributed by atoms with E-state index in [1.165, 1.54) is 6.07 Å². The van der Waals surface area contributed by atoms with Gasteiger partial charge in [0.2, 0.25) is 0 Å². The molecule has 0 bridgehead atoms. The molecule has 1 aromatic rings. The first kappa shape index (κ1) is 14.3. The molecule has 0 aliphatic rings. The molecular weight excluding hydrogens is 237 g/mol. The summed E-state index contributed by atoms with van der Waals surface area (Å²) in [5.74, 6) is 1.46. The highest BCUT2D eigenvalue weighted by molar-refractivity contribution is 7.99. The molecule has 1 aromatic carbocycles. The lowest BCUT2D eigenvalue weighted by atomic mass is 10.1. The zero-order valence-electron chi connectivity index (χ0n) is 10.4. The van der Waals surface area contributed by atoms with Crippen molar-refractivity contribution in [1.29, 1.82) is 0 Å². The van der Waals surface area contributed by atoms with Crippen molar-refractivity contribution in [3.63, 3.8) is 0 Å². The number of para-hydroxylation sites is 1. The summed E-state index contributed by atoms with van der Waals surface area (Å²) >= 11 is 1.91. The molecule has 0 spiro atoms. The van der Waals surface area contributed by atoms with Gasteiger partial charge in [-0.15, -0.1) is 0 Å². The number of phenols is 1. The van der Waals surface area contributed by atoms with Gasteiger partial charge in [0.1, 0.15) is 0 Å². The van der Waals surface area contributed by atoms with Crippen molar-refractivity contribution in [3.05, 3.63) is 29.6 Å². The maximum atomic E-state index is 13.1. The SMILES string of the molecule is CCSCCC(C)NCc1cccc(F)c1O. The molecule has 0 fully saturated rings. The quantitative estimate of drug-likeness (QED) is 0.736. The maximum absolute atomic E-state index is 13.1. The number of thioether (sulfide) groups is 1. The van der Waals surface area contributed by atoms with Crippen LogP contribution in [0.2, 0.25) is 0 Å². The number of benzene rings is 1. The molecule has 4 heteroatoms. The van der Waals surface area contributed by atoms with Crippen molar-refractivity contribution in [2.24, 2.45) is 0 Å². The molecule has 96 valence electrons. The topological polar surface area (TPSA) is 32.3 Å². The van der Waals surface area contributed by atoms with E-state index < -0.39 is 5.82 Å². The van der Waals surface area contributed by atoms with Gasteiger partial charge in [-0.3, -0.25) is 0 Å². The summed E-state index contributed by atoms with van der Waals surface area (Å²) in [6.45, 7) is 4.75. The van der Waals surface area contributed by atoms with Gasteiger partial charge in [0, 0.05) is 18.2 Å². The first-order valence-corrected chi connectivity index (χ1v) is 7.08. The summed E-state index contributed by atoms with van der Waals surface area (Å²) in [5.41, 5.74) is 0.611. The molecule has 0 aliphatic carbocycles. The van der Waals surface area contributed by atoms with Gasteiger partial charge in [0.25, 0.3) is 0 Å². The molecule has 2 N–H and O–H groups in total. The van der Waals surface area contributed by atoms with E-state index in [-0.39, 0.29) is 5.75 Å². The van der Waals surface area contributed by atoms with E-state index in [9.17, 15) is 9.50 Å². The minimum absolute atomic E-state index is 0.241. The van der Waals surface area contributed by atoms with Crippen molar-refractivity contribution in [2.45, 2.75) is 32.9 Å². The molecule has 17 heavy (non-hydrogen) atoms. The van der Waals surface area contributed by atoms with E-state index >= 15 is 0 Å². The molecule has 0 amide bonds. The van der Waals surface area contributed by atoms with Crippen LogP contribution >= 0.6 is 11.8 Å². The van der Waals surface area contributed by atoms with Crippen molar-refractivity contribution < 1.29 is 9.50 Å². The van der Waals surface area contributed by atoms with Crippen molar-refractivity contribution in [1.82, 2.24) is 5.32 Å². The Bertz CT molecular complexity index is 346. The highest BCUT2D eigenvalue weighted by atomic mass is 32.2. The van der Waals surface area contributed by atoms with Gasteiger partial charge in [-0.2, -0.15) is 11.8 Å². The van der Waals surface area contributed by atoms with Crippen LogP contribution in [0.15, 0.2) is 18.2 Å². The average molecular weight is 257 g/mol. The molecule has 0 heterocycles. The first-order chi connectivity index (χ1) is 8.15. The molecule has 0 aliphatic heterocycles. The van der Waals surface area contributed by atoms with E-state index in [0.717, 1.165) is 17.9 Å². The fourth-order valence-corrected chi connectivity index (χ4v) is 2.30. The third-order valence-electron chi connectivity index (χ3n) is 2.61. The van der Waals surface area contributed by atoms with Crippen molar-refractivity contribution in [3.8, 4) is 5.75 Å². The summed E-state index contributed by atoms with van der Waals surface area (Å²) in [7, 11) is 0. The van der Waals surface area contributed by atoms with Gasteiger partial charge in [0.05, 0.1) is 0 Å². The van der Waals surface area contributed by atoms with Crippen molar-refractivity contribution in [2.75, 3.05) is 11.5 Å². The number of hydrogen-bond donors (Lipinski definition) is 2. The third-order valence-corrected chi connectivity index (χ3v) is 3.54. The standard InChI is InChI=1S/C13H20FNOS/c1-3-17-8-7-10(2)15-9-11-5-4-6-12(14)13(11)16/h4-6,10,15-16H,3,7-9H2,1-2H3. The predicted octanol–water partition coefficient (Wildman–Crippen LogP) is 3.15. The minimum atomic E-state index is -0.557. The van der Waals surface area contributed by atoms with Crippen LogP contribution in [0.5, 0.6) is 5.75 Å². The highest BCUT2D eigenvalue weighted by Gasteiger charge is 2.07. The summed E-state index contributed by atoms with van der Waals surface area (Å²) in [6.07, 6.45) is 1.08. The number of hydrogen-bond acceptors (Lipinski definition) is 3. The van der Waals surface area contributed by atoms with Gasteiger partial charge in [-0.05, 0) is 30.9 Å². The van der Waals surface area contributed by atoms with Crippen LogP contribution in [0.25, 0.3) is 0 Å². The Hall–Kier alpha value is -0.740. The molecule has 0 saturated heterocycles. The van der Waals surface area contributed by atoms with Crippen LogP contribution < -0.4 is 5.32 Å². The summed E-state index contributed by atoms with van der Waals surface area (Å²) < 4.78 is 13.1. The molecule has 1 atom stereocenters. The van der Waals surface area contributed by atoms with Gasteiger partial charge >= 0.3 is 0 Å². The van der Waals surface area contributed by atoms with Gasteiger partial charge < -0.3 is 10.4 Å². The predicted molar refractivity (Wildman–Crippen MR) is 72.0 cm³/mol. The lowest BCUT2D eigenvalue weighted by Crippen LogP contribution is -2.26. The molecular formula is C13H20FNOS. The Kier molecular flexibility index (Phi) is 6.37. The second-order valence-corrected chi connectivity index (χ2v) is 5.41. The molecule has 1 rings (SSSR count). The number of phenolic OH excluding ortho intramolecular Hbond substituents is 1. The average Bonchev–Trinajstić information content (AvgIpc) is 2.31. The Morgan fingerprint density at radius 2 is 2.24 bits per heavy atom. The molecule has 0 aromatic heterocycles. The van der Waals surface area contributed by atoms with E-state index in [1.54, 1.807) is 12.1 Å². The smallest absolute Gasteiger partial charge is 0.165 e. The fraction of sp³-hybridized carbons (Fsp3) is 0.538. The van der Waals surface area contributed by atoms with Crippen LogP contribution in [0.3, 0.4) is 0 Å². The number of halogens is 1. The van der Waals surface area contributed by atoms with E-state index in [1.807, 2.05) is 11.8 Å². The summed E-state index contributed by atoms with van der Waals surface area (Å²) in [6, 6.07) is 4.99. The van der Waals surface area contributed by atoms with Gasteiger partial charge in [-0.25, -0.2) is 4.39 Å². The number of nitrogens with one attached hydrogen (secondary N) is 1. The first-order valence-electron chi connectivity index (χ1n) is 5.92. The van der Waals surface area contributed by atoms with Crippen LogP contribution in [-0.4, -0.2) is 22.7 Å². The Morgan fingerprint density at radius 1 is 1.47 bits per heavy atom. The minimum Gasteiger partial charge on any atom is -0.505 e. The molecule has 0 radical (unpaired) electrons. The summed E-state index contributed by atoms with van der Waals surface area (Å²) in [4.78, 5) is 0. The van der Waals surface area contributed by atoms with E-state index in [0.29, 0.717) is 18.2 Å². The van der Waals surface area contributed by atoms with Crippen LogP contribution in [0, 0.1) is 5.82 Å². The van der Waals surface area contributed by atoms with Crippen LogP contribution in [0.1, 0.15) is 25.8 Å². The lowest BCUT2D eigenvalue weighted by Gasteiger charge is -2.14. The van der Waals surface area contributed by atoms with Crippen LogP contribution in [0.4, 0.5) is 4.39 Å².